The number of cyclic esters (lactones) is 1. The second-order valence-electron chi connectivity index (χ2n) is 3.64. The molecule has 0 aromatic heterocycles. The molecule has 0 saturated carbocycles. The van der Waals surface area contributed by atoms with E-state index >= 15 is 0 Å². The number of hydrogen-bond donors (Lipinski definition) is 0. The summed E-state index contributed by atoms with van der Waals surface area (Å²) >= 11 is 0. The fourth-order valence-electron chi connectivity index (χ4n) is 1.54. The van der Waals surface area contributed by atoms with Crippen LogP contribution in [-0.2, 0) is 4.74 Å². The Bertz CT molecular complexity index is 345. The van der Waals surface area contributed by atoms with Crippen molar-refractivity contribution in [3.05, 3.63) is 29.8 Å². The molecule has 0 spiro atoms. The summed E-state index contributed by atoms with van der Waals surface area (Å²) in [5.41, 5.74) is 2.10. The fraction of sp³-hybridized carbons (Fsp3) is 0.364. The van der Waals surface area contributed by atoms with Gasteiger partial charge in [-0.15, -0.1) is 0 Å². The van der Waals surface area contributed by atoms with Crippen LogP contribution in [0.4, 0.5) is 10.5 Å². The number of ether oxygens (including phenoxy) is 1. The molecule has 1 aliphatic heterocycles. The first kappa shape index (κ1) is 9.06. The molecule has 0 aliphatic carbocycles. The van der Waals surface area contributed by atoms with E-state index in [4.69, 9.17) is 4.74 Å². The smallest absolute Gasteiger partial charge is 0.414 e. The molecule has 3 heteroatoms. The molecule has 74 valence electrons. The number of benzene rings is 1. The average Bonchev–Trinajstić information content (AvgIpc) is 2.47. The Labute approximate surface area is 83.3 Å². The van der Waals surface area contributed by atoms with Crippen LogP contribution in [0.5, 0.6) is 0 Å². The summed E-state index contributed by atoms with van der Waals surface area (Å²) in [5.74, 6) is 0. The number of rotatable bonds is 1. The summed E-state index contributed by atoms with van der Waals surface area (Å²) in [4.78, 5) is 13.0. The quantitative estimate of drug-likeness (QED) is 0.681. The molecule has 0 radical (unpaired) electrons. The maximum absolute atomic E-state index is 11.4. The van der Waals surface area contributed by atoms with Crippen LogP contribution in [0.3, 0.4) is 0 Å². The van der Waals surface area contributed by atoms with Gasteiger partial charge in [0.25, 0.3) is 0 Å². The Hall–Kier alpha value is -1.51. The Morgan fingerprint density at radius 3 is 2.50 bits per heavy atom. The molecule has 1 aromatic rings. The highest BCUT2D eigenvalue weighted by atomic mass is 16.6. The van der Waals surface area contributed by atoms with Crippen LogP contribution >= 0.6 is 0 Å². The lowest BCUT2D eigenvalue weighted by atomic mass is 10.2. The summed E-state index contributed by atoms with van der Waals surface area (Å²) in [6.45, 7) is 4.56. The average molecular weight is 191 g/mol. The molecule has 2 rings (SSSR count). The number of carbonyl (C=O) groups is 1. The highest BCUT2D eigenvalue weighted by Crippen LogP contribution is 2.21. The van der Waals surface area contributed by atoms with Gasteiger partial charge in [-0.3, -0.25) is 4.90 Å². The lowest BCUT2D eigenvalue weighted by Gasteiger charge is -2.12. The summed E-state index contributed by atoms with van der Waals surface area (Å²) < 4.78 is 5.05. The Morgan fingerprint density at radius 1 is 1.36 bits per heavy atom. The minimum absolute atomic E-state index is 0.0104. The van der Waals surface area contributed by atoms with Crippen LogP contribution in [0.1, 0.15) is 12.5 Å². The topological polar surface area (TPSA) is 29.5 Å². The molecular formula is C11H13NO2. The van der Waals surface area contributed by atoms with Gasteiger partial charge in [0.2, 0.25) is 0 Å². The zero-order chi connectivity index (χ0) is 10.1. The predicted molar refractivity (Wildman–Crippen MR) is 54.5 cm³/mol. The molecule has 0 N–H and O–H groups in total. The third-order valence-corrected chi connectivity index (χ3v) is 2.31. The number of amides is 1. The van der Waals surface area contributed by atoms with Crippen LogP contribution in [0.15, 0.2) is 24.3 Å². The molecule has 1 saturated heterocycles. The maximum Gasteiger partial charge on any atom is 0.414 e. The predicted octanol–water partition coefficient (Wildman–Crippen LogP) is 2.34. The first-order valence-corrected chi connectivity index (χ1v) is 4.71. The lowest BCUT2D eigenvalue weighted by molar-refractivity contribution is 0.150. The molecular weight excluding hydrogens is 178 g/mol. The first-order chi connectivity index (χ1) is 6.66. The number of aryl methyl sites for hydroxylation is 1. The fourth-order valence-corrected chi connectivity index (χ4v) is 1.54. The lowest BCUT2D eigenvalue weighted by Crippen LogP contribution is -2.23. The van der Waals surface area contributed by atoms with Gasteiger partial charge >= 0.3 is 6.09 Å². The van der Waals surface area contributed by atoms with Crippen molar-refractivity contribution >= 4 is 11.8 Å². The van der Waals surface area contributed by atoms with Crippen LogP contribution in [-0.4, -0.2) is 18.7 Å². The summed E-state index contributed by atoms with van der Waals surface area (Å²) in [7, 11) is 0. The summed E-state index contributed by atoms with van der Waals surface area (Å²) in [5, 5.41) is 0. The minimum Gasteiger partial charge on any atom is -0.444 e. The van der Waals surface area contributed by atoms with Gasteiger partial charge in [-0.05, 0) is 26.0 Å². The second-order valence-corrected chi connectivity index (χ2v) is 3.64. The molecule has 3 nitrogen and oxygen atoms in total. The number of anilines is 1. The Morgan fingerprint density at radius 2 is 2.00 bits per heavy atom. The highest BCUT2D eigenvalue weighted by Gasteiger charge is 2.28. The van der Waals surface area contributed by atoms with Crippen LogP contribution in [0.2, 0.25) is 0 Å². The van der Waals surface area contributed by atoms with E-state index in [0.717, 1.165) is 5.69 Å². The van der Waals surface area contributed by atoms with E-state index in [0.29, 0.717) is 6.54 Å². The normalized spacial score (nSPS) is 21.1. The Balaban J connectivity index is 2.23. The van der Waals surface area contributed by atoms with E-state index in [9.17, 15) is 4.79 Å². The summed E-state index contributed by atoms with van der Waals surface area (Å²) in [6.07, 6.45) is -0.259. The van der Waals surface area contributed by atoms with Gasteiger partial charge in [0, 0.05) is 5.69 Å². The third-order valence-electron chi connectivity index (χ3n) is 2.31. The van der Waals surface area contributed by atoms with Gasteiger partial charge in [0.05, 0.1) is 6.54 Å². The minimum atomic E-state index is -0.249. The van der Waals surface area contributed by atoms with Crippen LogP contribution < -0.4 is 4.90 Å². The zero-order valence-corrected chi connectivity index (χ0v) is 8.36. The van der Waals surface area contributed by atoms with E-state index in [-0.39, 0.29) is 12.2 Å². The van der Waals surface area contributed by atoms with Crippen molar-refractivity contribution in [2.24, 2.45) is 0 Å². The van der Waals surface area contributed by atoms with Crippen molar-refractivity contribution in [2.75, 3.05) is 11.4 Å². The molecule has 1 heterocycles. The highest BCUT2D eigenvalue weighted by molar-refractivity contribution is 5.89. The van der Waals surface area contributed by atoms with Crippen molar-refractivity contribution in [3.63, 3.8) is 0 Å². The molecule has 0 bridgehead atoms. The zero-order valence-electron chi connectivity index (χ0n) is 8.36. The van der Waals surface area contributed by atoms with Crippen molar-refractivity contribution in [1.29, 1.82) is 0 Å². The van der Waals surface area contributed by atoms with E-state index in [1.165, 1.54) is 5.56 Å². The summed E-state index contributed by atoms with van der Waals surface area (Å²) in [6, 6.07) is 7.86. The van der Waals surface area contributed by atoms with Crippen LogP contribution in [0.25, 0.3) is 0 Å². The maximum atomic E-state index is 11.4. The van der Waals surface area contributed by atoms with Gasteiger partial charge in [0.15, 0.2) is 0 Å². The standard InChI is InChI=1S/C11H13NO2/c1-8-3-5-10(6-4-8)12-7-9(2)14-11(12)13/h3-6,9H,7H2,1-2H3. The molecule has 1 amide bonds. The van der Waals surface area contributed by atoms with E-state index in [1.807, 2.05) is 38.1 Å². The van der Waals surface area contributed by atoms with Gasteiger partial charge in [0.1, 0.15) is 6.10 Å². The number of hydrogen-bond acceptors (Lipinski definition) is 2. The van der Waals surface area contributed by atoms with Gasteiger partial charge < -0.3 is 4.74 Å². The van der Waals surface area contributed by atoms with E-state index in [1.54, 1.807) is 4.90 Å². The molecule has 1 fully saturated rings. The van der Waals surface area contributed by atoms with Crippen molar-refractivity contribution in [1.82, 2.24) is 0 Å². The number of carbonyl (C=O) groups excluding carboxylic acids is 1. The number of nitrogens with zero attached hydrogens (tertiary/aromatic N) is 1. The first-order valence-electron chi connectivity index (χ1n) is 4.71. The van der Waals surface area contributed by atoms with E-state index < -0.39 is 0 Å². The largest absolute Gasteiger partial charge is 0.444 e. The van der Waals surface area contributed by atoms with Crippen LogP contribution in [0, 0.1) is 6.92 Å². The molecule has 1 aromatic carbocycles. The monoisotopic (exact) mass is 191 g/mol. The van der Waals surface area contributed by atoms with Crippen molar-refractivity contribution in [3.8, 4) is 0 Å². The van der Waals surface area contributed by atoms with Gasteiger partial charge in [-0.1, -0.05) is 17.7 Å². The van der Waals surface area contributed by atoms with Gasteiger partial charge in [-0.25, -0.2) is 4.79 Å². The second kappa shape index (κ2) is 3.33. The Kier molecular flexibility index (Phi) is 2.15. The van der Waals surface area contributed by atoms with Gasteiger partial charge in [-0.2, -0.15) is 0 Å². The molecule has 1 aliphatic rings. The molecule has 1 atom stereocenters. The SMILES string of the molecule is Cc1ccc(N2CC(C)OC2=O)cc1. The molecule has 14 heavy (non-hydrogen) atoms. The van der Waals surface area contributed by atoms with Crippen molar-refractivity contribution in [2.45, 2.75) is 20.0 Å². The molecule has 1 unspecified atom stereocenters. The third kappa shape index (κ3) is 1.58. The van der Waals surface area contributed by atoms with Crippen molar-refractivity contribution < 1.29 is 9.53 Å². The van der Waals surface area contributed by atoms with E-state index in [2.05, 4.69) is 0 Å².